The molecule has 0 aliphatic heterocycles. The van der Waals surface area contributed by atoms with E-state index >= 15 is 0 Å². The summed E-state index contributed by atoms with van der Waals surface area (Å²) < 4.78 is 4.58. The molecular weight excluding hydrogens is 204 g/mol. The number of carbonyl (C=O) groups excluding carboxylic acids is 1. The third-order valence-corrected chi connectivity index (χ3v) is 2.46. The van der Waals surface area contributed by atoms with E-state index < -0.39 is 11.7 Å². The van der Waals surface area contributed by atoms with Crippen LogP contribution in [0.2, 0.25) is 0 Å². The van der Waals surface area contributed by atoms with Crippen molar-refractivity contribution in [2.45, 2.75) is 58.5 Å². The molecule has 0 saturated heterocycles. The average Bonchev–Trinajstić information content (AvgIpc) is 2.16. The first-order valence-electron chi connectivity index (χ1n) is 6.03. The normalized spacial score (nSPS) is 17.2. The number of rotatable bonds is 1. The van der Waals surface area contributed by atoms with Gasteiger partial charge in [0.2, 0.25) is 0 Å². The molecule has 0 spiro atoms. The van der Waals surface area contributed by atoms with E-state index in [1.807, 2.05) is 0 Å². The highest BCUT2D eigenvalue weighted by Gasteiger charge is 2.12. The zero-order valence-corrected chi connectivity index (χ0v) is 10.8. The SMILES string of the molecule is CC(C)(C)OC(N)=O.NCC1CCCCC1. The fourth-order valence-corrected chi connectivity index (χ4v) is 1.72. The Morgan fingerprint density at radius 1 is 1.25 bits per heavy atom. The molecule has 4 nitrogen and oxygen atoms in total. The quantitative estimate of drug-likeness (QED) is 0.726. The molecule has 4 heteroatoms. The van der Waals surface area contributed by atoms with Gasteiger partial charge in [-0.3, -0.25) is 0 Å². The molecule has 0 aromatic rings. The van der Waals surface area contributed by atoms with Gasteiger partial charge in [0.1, 0.15) is 5.60 Å². The van der Waals surface area contributed by atoms with Crippen LogP contribution in [0.5, 0.6) is 0 Å². The second-order valence-corrected chi connectivity index (χ2v) is 5.27. The van der Waals surface area contributed by atoms with Crippen LogP contribution in [0.25, 0.3) is 0 Å². The van der Waals surface area contributed by atoms with Gasteiger partial charge >= 0.3 is 6.09 Å². The Morgan fingerprint density at radius 2 is 1.75 bits per heavy atom. The zero-order chi connectivity index (χ0) is 12.6. The lowest BCUT2D eigenvalue weighted by atomic mass is 9.90. The summed E-state index contributed by atoms with van der Waals surface area (Å²) in [6.07, 6.45) is 6.32. The van der Waals surface area contributed by atoms with Crippen molar-refractivity contribution < 1.29 is 9.53 Å². The second-order valence-electron chi connectivity index (χ2n) is 5.27. The van der Waals surface area contributed by atoms with Crippen LogP contribution in [-0.4, -0.2) is 18.2 Å². The number of amides is 1. The highest BCUT2D eigenvalue weighted by Crippen LogP contribution is 2.21. The Balaban J connectivity index is 0.000000281. The Hall–Kier alpha value is -0.770. The molecule has 0 atom stereocenters. The summed E-state index contributed by atoms with van der Waals surface area (Å²) in [7, 11) is 0. The van der Waals surface area contributed by atoms with Gasteiger partial charge in [0.05, 0.1) is 0 Å². The van der Waals surface area contributed by atoms with Crippen molar-refractivity contribution in [3.63, 3.8) is 0 Å². The minimum atomic E-state index is -0.725. The molecule has 96 valence electrons. The van der Waals surface area contributed by atoms with Crippen molar-refractivity contribution >= 4 is 6.09 Å². The molecule has 0 bridgehead atoms. The lowest BCUT2D eigenvalue weighted by Gasteiger charge is -2.18. The minimum Gasteiger partial charge on any atom is -0.444 e. The highest BCUT2D eigenvalue weighted by atomic mass is 16.6. The number of carbonyl (C=O) groups is 1. The number of primary amides is 1. The first-order chi connectivity index (χ1) is 7.35. The summed E-state index contributed by atoms with van der Waals surface area (Å²) >= 11 is 0. The molecule has 0 aromatic carbocycles. The van der Waals surface area contributed by atoms with E-state index in [1.165, 1.54) is 32.1 Å². The van der Waals surface area contributed by atoms with Gasteiger partial charge in [-0.15, -0.1) is 0 Å². The van der Waals surface area contributed by atoms with Crippen LogP contribution in [0.1, 0.15) is 52.9 Å². The average molecular weight is 230 g/mol. The van der Waals surface area contributed by atoms with Gasteiger partial charge in [0, 0.05) is 0 Å². The molecule has 0 heterocycles. The molecule has 0 aromatic heterocycles. The Bertz CT molecular complexity index is 194. The van der Waals surface area contributed by atoms with Gasteiger partial charge in [-0.05, 0) is 46.1 Å². The number of hydrogen-bond acceptors (Lipinski definition) is 3. The molecule has 1 aliphatic rings. The predicted molar refractivity (Wildman–Crippen MR) is 66.1 cm³/mol. The summed E-state index contributed by atoms with van der Waals surface area (Å²) in [4.78, 5) is 10.0. The van der Waals surface area contributed by atoms with Gasteiger partial charge in [0.25, 0.3) is 0 Å². The van der Waals surface area contributed by atoms with E-state index in [-0.39, 0.29) is 0 Å². The number of ether oxygens (including phenoxy) is 1. The first-order valence-corrected chi connectivity index (χ1v) is 6.03. The second kappa shape index (κ2) is 7.49. The van der Waals surface area contributed by atoms with Crippen molar-refractivity contribution in [2.75, 3.05) is 6.54 Å². The summed E-state index contributed by atoms with van der Waals surface area (Å²) in [5, 5.41) is 0. The molecular formula is C12H26N2O2. The summed E-state index contributed by atoms with van der Waals surface area (Å²) in [6, 6.07) is 0. The number of hydrogen-bond donors (Lipinski definition) is 2. The van der Waals surface area contributed by atoms with E-state index in [0.29, 0.717) is 0 Å². The van der Waals surface area contributed by atoms with E-state index in [1.54, 1.807) is 20.8 Å². The zero-order valence-electron chi connectivity index (χ0n) is 10.8. The van der Waals surface area contributed by atoms with Crippen molar-refractivity contribution in [2.24, 2.45) is 17.4 Å². The van der Waals surface area contributed by atoms with Gasteiger partial charge in [-0.2, -0.15) is 0 Å². The van der Waals surface area contributed by atoms with E-state index in [9.17, 15) is 4.79 Å². The van der Waals surface area contributed by atoms with Crippen LogP contribution in [0.15, 0.2) is 0 Å². The minimum absolute atomic E-state index is 0.453. The first kappa shape index (κ1) is 15.2. The monoisotopic (exact) mass is 230 g/mol. The molecule has 1 aliphatic carbocycles. The Labute approximate surface area is 98.7 Å². The lowest BCUT2D eigenvalue weighted by Crippen LogP contribution is -2.27. The van der Waals surface area contributed by atoms with Crippen LogP contribution in [0.3, 0.4) is 0 Å². The summed E-state index contributed by atoms with van der Waals surface area (Å²) in [5.41, 5.74) is 9.77. The van der Waals surface area contributed by atoms with E-state index in [4.69, 9.17) is 11.5 Å². The molecule has 1 rings (SSSR count). The molecule has 1 fully saturated rings. The topological polar surface area (TPSA) is 78.3 Å². The van der Waals surface area contributed by atoms with Crippen molar-refractivity contribution in [1.29, 1.82) is 0 Å². The van der Waals surface area contributed by atoms with Crippen LogP contribution >= 0.6 is 0 Å². The molecule has 4 N–H and O–H groups in total. The fraction of sp³-hybridized carbons (Fsp3) is 0.917. The van der Waals surface area contributed by atoms with Crippen LogP contribution in [0.4, 0.5) is 4.79 Å². The molecule has 1 amide bonds. The van der Waals surface area contributed by atoms with Gasteiger partial charge in [0.15, 0.2) is 0 Å². The summed E-state index contributed by atoms with van der Waals surface area (Å²) in [6.45, 7) is 6.20. The van der Waals surface area contributed by atoms with E-state index in [0.717, 1.165) is 12.5 Å². The molecule has 1 saturated carbocycles. The van der Waals surface area contributed by atoms with Crippen LogP contribution in [0, 0.1) is 5.92 Å². The summed E-state index contributed by atoms with van der Waals surface area (Å²) in [5.74, 6) is 0.865. The van der Waals surface area contributed by atoms with Gasteiger partial charge in [-0.1, -0.05) is 19.3 Å². The van der Waals surface area contributed by atoms with E-state index in [2.05, 4.69) is 4.74 Å². The maximum atomic E-state index is 10.0. The van der Waals surface area contributed by atoms with Gasteiger partial charge < -0.3 is 16.2 Å². The van der Waals surface area contributed by atoms with Crippen molar-refractivity contribution in [3.05, 3.63) is 0 Å². The highest BCUT2D eigenvalue weighted by molar-refractivity contribution is 5.65. The van der Waals surface area contributed by atoms with Crippen LogP contribution in [-0.2, 0) is 4.74 Å². The Morgan fingerprint density at radius 3 is 1.94 bits per heavy atom. The maximum Gasteiger partial charge on any atom is 0.405 e. The smallest absolute Gasteiger partial charge is 0.405 e. The van der Waals surface area contributed by atoms with Crippen LogP contribution < -0.4 is 11.5 Å². The number of nitrogens with two attached hydrogens (primary N) is 2. The predicted octanol–water partition coefficient (Wildman–Crippen LogP) is 2.41. The van der Waals surface area contributed by atoms with Gasteiger partial charge in [-0.25, -0.2) is 4.79 Å². The lowest BCUT2D eigenvalue weighted by molar-refractivity contribution is 0.0600. The third-order valence-electron chi connectivity index (χ3n) is 2.46. The standard InChI is InChI=1S/C7H15N.C5H11NO2/c8-6-7-4-2-1-3-5-7;1-5(2,3)8-4(6)7/h7H,1-6,8H2;1-3H3,(H2,6,7). The molecule has 0 unspecified atom stereocenters. The fourth-order valence-electron chi connectivity index (χ4n) is 1.72. The maximum absolute atomic E-state index is 10.0. The Kier molecular flexibility index (Phi) is 7.13. The van der Waals surface area contributed by atoms with Crippen molar-refractivity contribution in [1.82, 2.24) is 0 Å². The molecule has 0 radical (unpaired) electrons. The molecule has 16 heavy (non-hydrogen) atoms. The largest absolute Gasteiger partial charge is 0.444 e. The van der Waals surface area contributed by atoms with Crippen molar-refractivity contribution in [3.8, 4) is 0 Å². The third kappa shape index (κ3) is 9.77.